The molecule has 0 unspecified atom stereocenters. The smallest absolute Gasteiger partial charge is 0.270 e. The number of anilines is 1. The third-order valence-corrected chi connectivity index (χ3v) is 7.69. The summed E-state index contributed by atoms with van der Waals surface area (Å²) < 4.78 is 59.5. The Kier molecular flexibility index (Phi) is 6.31. The molecule has 0 heterocycles. The van der Waals surface area contributed by atoms with Gasteiger partial charge in [0.15, 0.2) is 0 Å². The summed E-state index contributed by atoms with van der Waals surface area (Å²) in [5, 5.41) is 12.4. The monoisotopic (exact) mass is 455 g/mol. The van der Waals surface area contributed by atoms with Crippen molar-refractivity contribution >= 4 is 21.6 Å². The van der Waals surface area contributed by atoms with E-state index >= 15 is 0 Å². The Hall–Kier alpha value is -2.25. The van der Waals surface area contributed by atoms with Crippen LogP contribution in [0.15, 0.2) is 18.2 Å². The zero-order chi connectivity index (χ0) is 22.9. The number of nitriles is 1. The van der Waals surface area contributed by atoms with Crippen molar-refractivity contribution in [2.24, 2.45) is 5.41 Å². The highest BCUT2D eigenvalue weighted by Crippen LogP contribution is 2.52. The number of nitrogens with one attached hydrogen (secondary N) is 2. The minimum atomic E-state index is -3.84. The molecule has 0 spiro atoms. The van der Waals surface area contributed by atoms with Gasteiger partial charge >= 0.3 is 0 Å². The maximum absolute atomic E-state index is 13.9. The molecule has 3 fully saturated rings. The van der Waals surface area contributed by atoms with Crippen LogP contribution < -0.4 is 10.0 Å². The maximum Gasteiger partial charge on any atom is 0.270 e. The Morgan fingerprint density at radius 2 is 1.84 bits per heavy atom. The lowest BCUT2D eigenvalue weighted by molar-refractivity contribution is 0.0174. The highest BCUT2D eigenvalue weighted by molar-refractivity contribution is 7.92. The van der Waals surface area contributed by atoms with Gasteiger partial charge in [0.1, 0.15) is 0 Å². The summed E-state index contributed by atoms with van der Waals surface area (Å²) in [6, 6.07) is 5.72. The van der Waals surface area contributed by atoms with Gasteiger partial charge in [-0.3, -0.25) is 9.52 Å². The van der Waals surface area contributed by atoms with Gasteiger partial charge in [0.25, 0.3) is 11.8 Å². The molecule has 3 saturated carbocycles. The van der Waals surface area contributed by atoms with E-state index in [4.69, 9.17) is 4.74 Å². The van der Waals surface area contributed by atoms with E-state index in [0.29, 0.717) is 38.5 Å². The molecule has 1 aromatic rings. The number of ether oxygens (including phenoxy) is 1. The van der Waals surface area contributed by atoms with Crippen LogP contribution in [0.4, 0.5) is 14.5 Å². The Morgan fingerprint density at radius 3 is 2.35 bits per heavy atom. The van der Waals surface area contributed by atoms with Crippen LogP contribution in [0.25, 0.3) is 0 Å². The number of alkyl halides is 2. The SMILES string of the molecule is COCCS(=O)(=O)Nc1ccc(C(C)(F)F)cc1C(=O)NC12CCC(C#N)(CC1)CC2. The molecule has 31 heavy (non-hydrogen) atoms. The fourth-order valence-corrected chi connectivity index (χ4v) is 5.36. The number of benzene rings is 1. The van der Waals surface area contributed by atoms with Crippen LogP contribution in [-0.4, -0.2) is 39.3 Å². The van der Waals surface area contributed by atoms with E-state index < -0.39 is 27.4 Å². The lowest BCUT2D eigenvalue weighted by Crippen LogP contribution is -2.56. The maximum atomic E-state index is 13.9. The largest absolute Gasteiger partial charge is 0.384 e. The van der Waals surface area contributed by atoms with Crippen LogP contribution in [0.1, 0.15) is 61.4 Å². The Morgan fingerprint density at radius 1 is 1.23 bits per heavy atom. The topological polar surface area (TPSA) is 108 Å². The molecule has 1 aromatic carbocycles. The lowest BCUT2D eigenvalue weighted by atomic mass is 9.58. The highest BCUT2D eigenvalue weighted by Gasteiger charge is 2.49. The van der Waals surface area contributed by atoms with Crippen LogP contribution in [0.2, 0.25) is 0 Å². The number of halogens is 2. The number of carbonyl (C=O) groups is 1. The second kappa shape index (κ2) is 8.36. The van der Waals surface area contributed by atoms with E-state index in [0.717, 1.165) is 19.1 Å². The van der Waals surface area contributed by atoms with Gasteiger partial charge in [-0.25, -0.2) is 17.2 Å². The van der Waals surface area contributed by atoms with Crippen molar-refractivity contribution in [3.05, 3.63) is 29.3 Å². The summed E-state index contributed by atoms with van der Waals surface area (Å²) >= 11 is 0. The van der Waals surface area contributed by atoms with Crippen LogP contribution in [0.5, 0.6) is 0 Å². The fraction of sp³-hybridized carbons (Fsp3) is 0.619. The van der Waals surface area contributed by atoms with Crippen molar-refractivity contribution in [1.29, 1.82) is 5.26 Å². The Labute approximate surface area is 181 Å². The first kappa shape index (κ1) is 23.4. The van der Waals surface area contributed by atoms with Crippen LogP contribution >= 0.6 is 0 Å². The first-order valence-electron chi connectivity index (χ1n) is 10.2. The van der Waals surface area contributed by atoms with Gasteiger partial charge in [-0.05, 0) is 50.7 Å². The van der Waals surface area contributed by atoms with Gasteiger partial charge in [0, 0.05) is 25.1 Å². The molecule has 0 radical (unpaired) electrons. The van der Waals surface area contributed by atoms with Gasteiger partial charge in [0.2, 0.25) is 10.0 Å². The molecule has 2 bridgehead atoms. The average Bonchev–Trinajstić information content (AvgIpc) is 2.72. The molecular weight excluding hydrogens is 428 g/mol. The van der Waals surface area contributed by atoms with E-state index in [1.807, 2.05) is 0 Å². The molecule has 10 heteroatoms. The summed E-state index contributed by atoms with van der Waals surface area (Å²) in [6.07, 6.45) is 3.91. The van der Waals surface area contributed by atoms with Crippen molar-refractivity contribution in [1.82, 2.24) is 5.32 Å². The number of methoxy groups -OCH3 is 1. The molecular formula is C21H27F2N3O4S. The minimum absolute atomic E-state index is 0.0499. The molecule has 0 aliphatic heterocycles. The lowest BCUT2D eigenvalue weighted by Gasteiger charge is -2.50. The molecule has 170 valence electrons. The Bertz CT molecular complexity index is 974. The first-order chi connectivity index (χ1) is 14.4. The molecule has 1 amide bonds. The summed E-state index contributed by atoms with van der Waals surface area (Å²) in [5.74, 6) is -4.14. The fourth-order valence-electron chi connectivity index (χ4n) is 4.35. The van der Waals surface area contributed by atoms with E-state index in [-0.39, 0.29) is 34.6 Å². The zero-order valence-corrected chi connectivity index (χ0v) is 18.4. The number of sulfonamides is 1. The predicted molar refractivity (Wildman–Crippen MR) is 111 cm³/mol. The molecule has 4 rings (SSSR count). The number of hydrogen-bond acceptors (Lipinski definition) is 5. The standard InChI is InChI=1S/C21H27F2N3O4S/c1-19(22,23)15-3-4-17(26-31(28,29)12-11-30-2)16(13-15)18(27)25-21-8-5-20(14-24,6-9-21)7-10-21/h3-4,13,26H,5-12H2,1-2H3,(H,25,27). The van der Waals surface area contributed by atoms with Crippen molar-refractivity contribution in [2.75, 3.05) is 24.2 Å². The third kappa shape index (κ3) is 5.15. The van der Waals surface area contributed by atoms with E-state index in [1.54, 1.807) is 0 Å². The molecule has 0 atom stereocenters. The van der Waals surface area contributed by atoms with E-state index in [9.17, 15) is 27.3 Å². The normalized spacial score (nSPS) is 25.6. The van der Waals surface area contributed by atoms with E-state index in [2.05, 4.69) is 16.1 Å². The first-order valence-corrected chi connectivity index (χ1v) is 11.8. The quantitative estimate of drug-likeness (QED) is 0.623. The number of nitrogens with zero attached hydrogens (tertiary/aromatic N) is 1. The number of amides is 1. The minimum Gasteiger partial charge on any atom is -0.384 e. The Balaban J connectivity index is 1.89. The van der Waals surface area contributed by atoms with Gasteiger partial charge < -0.3 is 10.1 Å². The van der Waals surface area contributed by atoms with Crippen molar-refractivity contribution in [3.63, 3.8) is 0 Å². The number of hydrogen-bond donors (Lipinski definition) is 2. The van der Waals surface area contributed by atoms with Gasteiger partial charge in [-0.1, -0.05) is 6.07 Å². The average molecular weight is 456 g/mol. The van der Waals surface area contributed by atoms with E-state index in [1.165, 1.54) is 13.2 Å². The molecule has 7 nitrogen and oxygen atoms in total. The van der Waals surface area contributed by atoms with Gasteiger partial charge in [-0.15, -0.1) is 0 Å². The van der Waals surface area contributed by atoms with Crippen LogP contribution in [0, 0.1) is 16.7 Å². The van der Waals surface area contributed by atoms with Gasteiger partial charge in [0.05, 0.1) is 35.1 Å². The highest BCUT2D eigenvalue weighted by atomic mass is 32.2. The zero-order valence-electron chi connectivity index (χ0n) is 17.6. The molecule has 3 aliphatic rings. The number of rotatable bonds is 8. The number of fused-ring (bicyclic) bond motifs is 3. The second-order valence-electron chi connectivity index (χ2n) is 8.69. The summed E-state index contributed by atoms with van der Waals surface area (Å²) in [4.78, 5) is 13.2. The van der Waals surface area contributed by atoms with Gasteiger partial charge in [-0.2, -0.15) is 5.26 Å². The summed E-state index contributed by atoms with van der Waals surface area (Å²) in [7, 11) is -2.47. The van der Waals surface area contributed by atoms with Crippen molar-refractivity contribution in [3.8, 4) is 6.07 Å². The van der Waals surface area contributed by atoms with Crippen molar-refractivity contribution in [2.45, 2.75) is 56.9 Å². The molecule has 0 saturated heterocycles. The predicted octanol–water partition coefficient (Wildman–Crippen LogP) is 3.53. The molecule has 2 N–H and O–H groups in total. The molecule has 0 aromatic heterocycles. The van der Waals surface area contributed by atoms with Crippen LogP contribution in [-0.2, 0) is 20.7 Å². The van der Waals surface area contributed by atoms with Crippen LogP contribution in [0.3, 0.4) is 0 Å². The summed E-state index contributed by atoms with van der Waals surface area (Å²) in [6.45, 7) is 0.667. The molecule has 3 aliphatic carbocycles. The second-order valence-corrected chi connectivity index (χ2v) is 10.5. The van der Waals surface area contributed by atoms with Crippen molar-refractivity contribution < 1.29 is 26.7 Å². The number of carbonyl (C=O) groups excluding carboxylic acids is 1. The third-order valence-electron chi connectivity index (χ3n) is 6.45. The summed E-state index contributed by atoms with van der Waals surface area (Å²) in [5.41, 5.74) is -1.44.